The third kappa shape index (κ3) is 3.62. The van der Waals surface area contributed by atoms with Crippen molar-refractivity contribution in [3.8, 4) is 11.5 Å². The molecule has 7 heteroatoms. The molecule has 0 bridgehead atoms. The maximum Gasteiger partial charge on any atom is 0.269 e. The van der Waals surface area contributed by atoms with Crippen LogP contribution in [-0.4, -0.2) is 23.8 Å². The molecule has 0 radical (unpaired) electrons. The van der Waals surface area contributed by atoms with Gasteiger partial charge in [0.1, 0.15) is 0 Å². The number of nitro groups is 1. The Balaban J connectivity index is 1.73. The van der Waals surface area contributed by atoms with E-state index < -0.39 is 4.92 Å². The Bertz CT molecular complexity index is 772. The topological polar surface area (TPSA) is 86.0 Å². The van der Waals surface area contributed by atoms with Gasteiger partial charge < -0.3 is 9.47 Å². The molecule has 1 aliphatic heterocycles. The van der Waals surface area contributed by atoms with Gasteiger partial charge in [-0.2, -0.15) is 5.10 Å². The molecule has 0 aliphatic carbocycles. The van der Waals surface area contributed by atoms with Gasteiger partial charge in [0.15, 0.2) is 11.5 Å². The van der Waals surface area contributed by atoms with Crippen LogP contribution in [0.15, 0.2) is 47.6 Å². The molecule has 124 valence electrons. The molecule has 7 nitrogen and oxygen atoms in total. The lowest BCUT2D eigenvalue weighted by molar-refractivity contribution is -0.384. The van der Waals surface area contributed by atoms with Crippen molar-refractivity contribution in [2.24, 2.45) is 5.10 Å². The molecular formula is C17H17N3O4. The van der Waals surface area contributed by atoms with E-state index in [1.807, 2.05) is 25.1 Å². The predicted molar refractivity (Wildman–Crippen MR) is 91.0 cm³/mol. The average Bonchev–Trinajstić information content (AvgIpc) is 2.84. The molecule has 1 heterocycles. The fourth-order valence-electron chi connectivity index (χ4n) is 2.26. The molecular weight excluding hydrogens is 310 g/mol. The van der Waals surface area contributed by atoms with Crippen molar-refractivity contribution in [1.29, 1.82) is 0 Å². The standard InChI is InChI=1S/C17H17N3O4/c1-12(18-19-14-4-6-15(7-5-14)20(21)22)13-3-8-16-17(11-13)24-10-2-9-23-16/h3-8,11,19H,2,9-10H2,1H3. The second-order valence-corrected chi connectivity index (χ2v) is 5.32. The number of fused-ring (bicyclic) bond motifs is 1. The van der Waals surface area contributed by atoms with Crippen molar-refractivity contribution >= 4 is 17.1 Å². The number of rotatable bonds is 4. The van der Waals surface area contributed by atoms with E-state index in [1.54, 1.807) is 12.1 Å². The lowest BCUT2D eigenvalue weighted by atomic mass is 10.1. The fourth-order valence-corrected chi connectivity index (χ4v) is 2.26. The highest BCUT2D eigenvalue weighted by Gasteiger charge is 2.11. The van der Waals surface area contributed by atoms with Gasteiger partial charge in [0, 0.05) is 24.1 Å². The number of nitrogens with one attached hydrogen (secondary N) is 1. The van der Waals surface area contributed by atoms with Crippen LogP contribution in [0.2, 0.25) is 0 Å². The number of ether oxygens (including phenoxy) is 2. The van der Waals surface area contributed by atoms with Crippen molar-refractivity contribution in [3.05, 3.63) is 58.1 Å². The third-order valence-electron chi connectivity index (χ3n) is 3.60. The minimum absolute atomic E-state index is 0.0455. The third-order valence-corrected chi connectivity index (χ3v) is 3.60. The molecule has 0 atom stereocenters. The van der Waals surface area contributed by atoms with Gasteiger partial charge in [0.05, 0.1) is 29.5 Å². The summed E-state index contributed by atoms with van der Waals surface area (Å²) in [7, 11) is 0. The quantitative estimate of drug-likeness (QED) is 0.527. The Morgan fingerprint density at radius 1 is 1.12 bits per heavy atom. The highest BCUT2D eigenvalue weighted by atomic mass is 16.6. The minimum atomic E-state index is -0.434. The van der Waals surface area contributed by atoms with E-state index in [0.29, 0.717) is 18.9 Å². The van der Waals surface area contributed by atoms with Gasteiger partial charge in [-0.25, -0.2) is 0 Å². The number of hydrogen-bond donors (Lipinski definition) is 1. The summed E-state index contributed by atoms with van der Waals surface area (Å²) in [5.41, 5.74) is 5.29. The molecule has 1 aliphatic rings. The Morgan fingerprint density at radius 2 is 1.83 bits per heavy atom. The molecule has 2 aromatic rings. The Labute approximate surface area is 139 Å². The van der Waals surface area contributed by atoms with Crippen molar-refractivity contribution < 1.29 is 14.4 Å². The summed E-state index contributed by atoms with van der Waals surface area (Å²) >= 11 is 0. The summed E-state index contributed by atoms with van der Waals surface area (Å²) in [5.74, 6) is 1.46. The van der Waals surface area contributed by atoms with Crippen molar-refractivity contribution in [2.75, 3.05) is 18.6 Å². The highest BCUT2D eigenvalue weighted by Crippen LogP contribution is 2.30. The van der Waals surface area contributed by atoms with E-state index in [9.17, 15) is 10.1 Å². The maximum absolute atomic E-state index is 10.6. The van der Waals surface area contributed by atoms with E-state index in [2.05, 4.69) is 10.5 Å². The number of anilines is 1. The first-order chi connectivity index (χ1) is 11.6. The average molecular weight is 327 g/mol. The minimum Gasteiger partial charge on any atom is -0.490 e. The van der Waals surface area contributed by atoms with E-state index in [0.717, 1.165) is 29.2 Å². The second-order valence-electron chi connectivity index (χ2n) is 5.32. The molecule has 0 amide bonds. The number of nitrogens with zero attached hydrogens (tertiary/aromatic N) is 2. The van der Waals surface area contributed by atoms with Gasteiger partial charge >= 0.3 is 0 Å². The zero-order chi connectivity index (χ0) is 16.9. The van der Waals surface area contributed by atoms with Crippen LogP contribution in [0.25, 0.3) is 0 Å². The first kappa shape index (κ1) is 15.8. The summed E-state index contributed by atoms with van der Waals surface area (Å²) in [6, 6.07) is 11.8. The zero-order valence-electron chi connectivity index (χ0n) is 13.2. The van der Waals surface area contributed by atoms with Crippen LogP contribution >= 0.6 is 0 Å². The lowest BCUT2D eigenvalue weighted by Gasteiger charge is -2.09. The van der Waals surface area contributed by atoms with Crippen LogP contribution in [0.5, 0.6) is 11.5 Å². The normalized spacial score (nSPS) is 14.0. The fraction of sp³-hybridized carbons (Fsp3) is 0.235. The Hall–Kier alpha value is -3.09. The van der Waals surface area contributed by atoms with Gasteiger partial charge in [0.25, 0.3) is 5.69 Å². The lowest BCUT2D eigenvalue weighted by Crippen LogP contribution is -2.01. The Kier molecular flexibility index (Phi) is 4.60. The molecule has 1 N–H and O–H groups in total. The highest BCUT2D eigenvalue weighted by molar-refractivity contribution is 5.99. The van der Waals surface area contributed by atoms with Crippen LogP contribution in [0.1, 0.15) is 18.9 Å². The number of nitro benzene ring substituents is 1. The van der Waals surface area contributed by atoms with Crippen molar-refractivity contribution in [3.63, 3.8) is 0 Å². The summed E-state index contributed by atoms with van der Waals surface area (Å²) in [4.78, 5) is 10.2. The first-order valence-electron chi connectivity index (χ1n) is 7.58. The summed E-state index contributed by atoms with van der Waals surface area (Å²) in [5, 5.41) is 15.0. The molecule has 0 fully saturated rings. The number of hydrazone groups is 1. The second kappa shape index (κ2) is 6.99. The summed E-state index contributed by atoms with van der Waals surface area (Å²) in [6.07, 6.45) is 0.860. The number of non-ortho nitro benzene ring substituents is 1. The van der Waals surface area contributed by atoms with Gasteiger partial charge in [-0.3, -0.25) is 15.5 Å². The molecule has 3 rings (SSSR count). The SMILES string of the molecule is CC(=NNc1ccc([N+](=O)[O-])cc1)c1ccc2c(c1)OCCCO2. The predicted octanol–water partition coefficient (Wildman–Crippen LogP) is 3.59. The number of hydrogen-bond acceptors (Lipinski definition) is 6. The molecule has 0 aromatic heterocycles. The van der Waals surface area contributed by atoms with Gasteiger partial charge in [-0.05, 0) is 37.3 Å². The maximum atomic E-state index is 10.6. The largest absolute Gasteiger partial charge is 0.490 e. The molecule has 24 heavy (non-hydrogen) atoms. The van der Waals surface area contributed by atoms with Crippen LogP contribution < -0.4 is 14.9 Å². The smallest absolute Gasteiger partial charge is 0.269 e. The van der Waals surface area contributed by atoms with Crippen LogP contribution in [0.4, 0.5) is 11.4 Å². The number of benzene rings is 2. The Morgan fingerprint density at radius 3 is 2.54 bits per heavy atom. The summed E-state index contributed by atoms with van der Waals surface area (Å²) in [6.45, 7) is 3.16. The zero-order valence-corrected chi connectivity index (χ0v) is 13.2. The van der Waals surface area contributed by atoms with Gasteiger partial charge in [-0.15, -0.1) is 0 Å². The monoisotopic (exact) mass is 327 g/mol. The van der Waals surface area contributed by atoms with Gasteiger partial charge in [-0.1, -0.05) is 0 Å². The van der Waals surface area contributed by atoms with Crippen LogP contribution in [-0.2, 0) is 0 Å². The van der Waals surface area contributed by atoms with E-state index in [4.69, 9.17) is 9.47 Å². The van der Waals surface area contributed by atoms with E-state index in [-0.39, 0.29) is 5.69 Å². The van der Waals surface area contributed by atoms with Crippen LogP contribution in [0.3, 0.4) is 0 Å². The molecule has 0 unspecified atom stereocenters. The first-order valence-corrected chi connectivity index (χ1v) is 7.58. The summed E-state index contributed by atoms with van der Waals surface area (Å²) < 4.78 is 11.3. The van der Waals surface area contributed by atoms with Crippen LogP contribution in [0, 0.1) is 10.1 Å². The van der Waals surface area contributed by atoms with E-state index >= 15 is 0 Å². The van der Waals surface area contributed by atoms with E-state index in [1.165, 1.54) is 12.1 Å². The van der Waals surface area contributed by atoms with Crippen molar-refractivity contribution in [1.82, 2.24) is 0 Å². The van der Waals surface area contributed by atoms with Gasteiger partial charge in [0.2, 0.25) is 0 Å². The molecule has 0 saturated heterocycles. The van der Waals surface area contributed by atoms with Crippen molar-refractivity contribution in [2.45, 2.75) is 13.3 Å². The molecule has 2 aromatic carbocycles. The molecule has 0 saturated carbocycles. The molecule has 0 spiro atoms.